The predicted octanol–water partition coefficient (Wildman–Crippen LogP) is 2.52. The number of rotatable bonds is 5. The lowest BCUT2D eigenvalue weighted by molar-refractivity contribution is -0.149. The number of carboxylic acid groups (broad SMARTS) is 1. The first-order valence-electron chi connectivity index (χ1n) is 7.62. The molecule has 114 valence electrons. The average Bonchev–Trinajstić information content (AvgIpc) is 2.99. The fourth-order valence-electron chi connectivity index (χ4n) is 3.39. The Morgan fingerprint density at radius 3 is 2.62 bits per heavy atom. The van der Waals surface area contributed by atoms with Crippen molar-refractivity contribution in [2.45, 2.75) is 45.2 Å². The highest BCUT2D eigenvalue weighted by Crippen LogP contribution is 2.40. The van der Waals surface area contributed by atoms with Gasteiger partial charge in [-0.05, 0) is 43.7 Å². The van der Waals surface area contributed by atoms with Gasteiger partial charge in [-0.3, -0.25) is 9.59 Å². The van der Waals surface area contributed by atoms with Gasteiger partial charge >= 0.3 is 5.97 Å². The van der Waals surface area contributed by atoms with Gasteiger partial charge in [0.05, 0.1) is 24.6 Å². The summed E-state index contributed by atoms with van der Waals surface area (Å²) in [5, 5.41) is 9.35. The van der Waals surface area contributed by atoms with Crippen molar-refractivity contribution in [3.05, 3.63) is 24.2 Å². The maximum atomic E-state index is 12.8. The van der Waals surface area contributed by atoms with Gasteiger partial charge in [-0.1, -0.05) is 6.92 Å². The summed E-state index contributed by atoms with van der Waals surface area (Å²) < 4.78 is 5.34. The molecule has 0 bridgehead atoms. The van der Waals surface area contributed by atoms with Crippen molar-refractivity contribution in [3.63, 3.8) is 0 Å². The Bertz CT molecular complexity index is 520. The van der Waals surface area contributed by atoms with Crippen molar-refractivity contribution in [1.29, 1.82) is 0 Å². The molecule has 1 aromatic heterocycles. The molecule has 2 saturated carbocycles. The van der Waals surface area contributed by atoms with Crippen molar-refractivity contribution < 1.29 is 19.1 Å². The minimum absolute atomic E-state index is 0.00866. The largest absolute Gasteiger partial charge is 0.481 e. The monoisotopic (exact) mass is 291 g/mol. The first kappa shape index (κ1) is 14.2. The second-order valence-corrected chi connectivity index (χ2v) is 6.40. The van der Waals surface area contributed by atoms with E-state index in [0.717, 1.165) is 18.6 Å². The number of hydrogen-bond donors (Lipinski definition) is 1. The van der Waals surface area contributed by atoms with Gasteiger partial charge in [0.25, 0.3) is 0 Å². The summed E-state index contributed by atoms with van der Waals surface area (Å²) in [7, 11) is 0. The number of nitrogens with zero attached hydrogens (tertiary/aromatic N) is 1. The van der Waals surface area contributed by atoms with Crippen LogP contribution in [0.1, 0.15) is 38.4 Å². The van der Waals surface area contributed by atoms with Crippen LogP contribution in [0.5, 0.6) is 0 Å². The van der Waals surface area contributed by atoms with E-state index in [1.807, 2.05) is 24.0 Å². The van der Waals surface area contributed by atoms with Crippen LogP contribution < -0.4 is 0 Å². The fraction of sp³-hybridized carbons (Fsp3) is 0.625. The summed E-state index contributed by atoms with van der Waals surface area (Å²) in [6, 6.07) is 3.92. The first-order valence-corrected chi connectivity index (χ1v) is 7.62. The summed E-state index contributed by atoms with van der Waals surface area (Å²) in [5.74, 6) is -0.714. The molecule has 0 spiro atoms. The molecule has 1 heterocycles. The van der Waals surface area contributed by atoms with Crippen molar-refractivity contribution in [3.8, 4) is 0 Å². The molecule has 1 amide bonds. The Labute approximate surface area is 123 Å². The molecule has 0 radical (unpaired) electrons. The second-order valence-electron chi connectivity index (χ2n) is 6.40. The molecular weight excluding hydrogens is 270 g/mol. The van der Waals surface area contributed by atoms with Gasteiger partial charge in [-0.25, -0.2) is 0 Å². The minimum atomic E-state index is -0.841. The highest BCUT2D eigenvalue weighted by molar-refractivity contribution is 5.85. The lowest BCUT2D eigenvalue weighted by atomic mass is 9.94. The minimum Gasteiger partial charge on any atom is -0.481 e. The van der Waals surface area contributed by atoms with E-state index in [-0.39, 0.29) is 17.9 Å². The van der Waals surface area contributed by atoms with Crippen LogP contribution in [-0.2, 0) is 16.1 Å². The lowest BCUT2D eigenvalue weighted by Crippen LogP contribution is -2.40. The number of carbonyl (C=O) groups is 2. The second kappa shape index (κ2) is 5.54. The van der Waals surface area contributed by atoms with Gasteiger partial charge in [-0.2, -0.15) is 0 Å². The van der Waals surface area contributed by atoms with Crippen LogP contribution in [0, 0.1) is 17.8 Å². The molecule has 3 atom stereocenters. The molecule has 1 aromatic rings. The van der Waals surface area contributed by atoms with Crippen LogP contribution in [0.2, 0.25) is 0 Å². The van der Waals surface area contributed by atoms with Crippen LogP contribution in [0.15, 0.2) is 22.8 Å². The summed E-state index contributed by atoms with van der Waals surface area (Å²) >= 11 is 0. The molecule has 1 unspecified atom stereocenters. The van der Waals surface area contributed by atoms with E-state index in [4.69, 9.17) is 4.42 Å². The zero-order chi connectivity index (χ0) is 15.0. The third kappa shape index (κ3) is 2.96. The Hall–Kier alpha value is -1.78. The quantitative estimate of drug-likeness (QED) is 0.905. The van der Waals surface area contributed by atoms with Crippen LogP contribution in [-0.4, -0.2) is 27.9 Å². The third-order valence-corrected chi connectivity index (χ3v) is 4.61. The Morgan fingerprint density at radius 1 is 1.33 bits per heavy atom. The Kier molecular flexibility index (Phi) is 3.74. The first-order chi connectivity index (χ1) is 10.1. The lowest BCUT2D eigenvalue weighted by Gasteiger charge is -2.26. The Morgan fingerprint density at radius 2 is 2.05 bits per heavy atom. The molecule has 3 rings (SSSR count). The van der Waals surface area contributed by atoms with Crippen molar-refractivity contribution >= 4 is 11.9 Å². The van der Waals surface area contributed by atoms with Gasteiger partial charge in [0.15, 0.2) is 0 Å². The summed E-state index contributed by atoms with van der Waals surface area (Å²) in [6.45, 7) is 2.48. The summed E-state index contributed by atoms with van der Waals surface area (Å²) in [6.07, 6.45) is 4.89. The normalized spacial score (nSPS) is 28.5. The van der Waals surface area contributed by atoms with E-state index >= 15 is 0 Å². The van der Waals surface area contributed by atoms with E-state index in [2.05, 4.69) is 0 Å². The third-order valence-electron chi connectivity index (χ3n) is 4.61. The molecule has 5 heteroatoms. The number of carboxylic acids is 1. The smallest absolute Gasteiger partial charge is 0.307 e. The van der Waals surface area contributed by atoms with E-state index in [1.54, 1.807) is 6.26 Å². The Balaban J connectivity index is 1.75. The molecule has 2 aliphatic carbocycles. The number of hydrogen-bond acceptors (Lipinski definition) is 3. The fourth-order valence-corrected chi connectivity index (χ4v) is 3.39. The summed E-state index contributed by atoms with van der Waals surface area (Å²) in [4.78, 5) is 26.1. The molecule has 0 saturated heterocycles. The van der Waals surface area contributed by atoms with Crippen molar-refractivity contribution in [2.75, 3.05) is 0 Å². The van der Waals surface area contributed by atoms with Crippen LogP contribution in [0.25, 0.3) is 0 Å². The van der Waals surface area contributed by atoms with Crippen molar-refractivity contribution in [1.82, 2.24) is 4.90 Å². The number of aliphatic carboxylic acids is 1. The van der Waals surface area contributed by atoms with E-state index in [1.165, 1.54) is 0 Å². The van der Waals surface area contributed by atoms with Crippen LogP contribution in [0.3, 0.4) is 0 Å². The van der Waals surface area contributed by atoms with Gasteiger partial charge in [0.2, 0.25) is 5.91 Å². The molecule has 21 heavy (non-hydrogen) atoms. The molecule has 1 N–H and O–H groups in total. The van der Waals surface area contributed by atoms with Crippen LogP contribution in [0.4, 0.5) is 0 Å². The number of amides is 1. The van der Waals surface area contributed by atoms with Gasteiger partial charge in [-0.15, -0.1) is 0 Å². The van der Waals surface area contributed by atoms with E-state index < -0.39 is 11.9 Å². The average molecular weight is 291 g/mol. The van der Waals surface area contributed by atoms with Crippen molar-refractivity contribution in [2.24, 2.45) is 17.8 Å². The van der Waals surface area contributed by atoms with E-state index in [0.29, 0.717) is 25.3 Å². The highest BCUT2D eigenvalue weighted by Gasteiger charge is 2.45. The maximum Gasteiger partial charge on any atom is 0.307 e. The number of carbonyl (C=O) groups excluding carboxylic acids is 1. The molecule has 2 fully saturated rings. The topological polar surface area (TPSA) is 70.8 Å². The molecule has 0 aliphatic heterocycles. The number of furan rings is 1. The standard InChI is InChI=1S/C16H21NO4/c1-10-7-13(14(8-10)16(19)20)15(18)17(11-4-5-11)9-12-3-2-6-21-12/h2-3,6,10-11,13-14H,4-5,7-9H2,1H3,(H,19,20)/t10?,13-,14+/m0/s1. The highest BCUT2D eigenvalue weighted by atomic mass is 16.4. The molecule has 0 aromatic carbocycles. The molecular formula is C16H21NO4. The predicted molar refractivity (Wildman–Crippen MR) is 75.3 cm³/mol. The zero-order valence-electron chi connectivity index (χ0n) is 12.2. The zero-order valence-corrected chi connectivity index (χ0v) is 12.2. The maximum absolute atomic E-state index is 12.8. The van der Waals surface area contributed by atoms with E-state index in [9.17, 15) is 14.7 Å². The van der Waals surface area contributed by atoms with Gasteiger partial charge < -0.3 is 14.4 Å². The SMILES string of the molecule is CC1C[C@H](C(=O)N(Cc2ccco2)C2CC2)[C@H](C(=O)O)C1. The van der Waals surface area contributed by atoms with Crippen LogP contribution >= 0.6 is 0 Å². The van der Waals surface area contributed by atoms with Gasteiger partial charge in [0, 0.05) is 6.04 Å². The summed E-state index contributed by atoms with van der Waals surface area (Å²) in [5.41, 5.74) is 0. The molecule has 2 aliphatic rings. The van der Waals surface area contributed by atoms with Gasteiger partial charge in [0.1, 0.15) is 5.76 Å². The molecule has 5 nitrogen and oxygen atoms in total.